The number of carbonyl (C=O) groups is 1. The quantitative estimate of drug-likeness (QED) is 0.544. The first kappa shape index (κ1) is 15.6. The van der Waals surface area contributed by atoms with Crippen LogP contribution in [0.4, 0.5) is 5.69 Å². The first-order valence-corrected chi connectivity index (χ1v) is 8.38. The zero-order valence-electron chi connectivity index (χ0n) is 13.8. The number of pyridine rings is 1. The molecule has 0 saturated carbocycles. The molecule has 0 atom stereocenters. The van der Waals surface area contributed by atoms with E-state index in [1.54, 1.807) is 18.3 Å². The summed E-state index contributed by atoms with van der Waals surface area (Å²) in [5, 5.41) is 0. The maximum Gasteiger partial charge on any atom is 0.185 e. The largest absolute Gasteiger partial charge is 0.378 e. The van der Waals surface area contributed by atoms with Crippen LogP contribution in [0.15, 0.2) is 60.9 Å². The Morgan fingerprint density at radius 1 is 1.08 bits per heavy atom. The molecule has 5 heteroatoms. The average molecular weight is 333 g/mol. The fourth-order valence-corrected chi connectivity index (χ4v) is 2.99. The minimum Gasteiger partial charge on any atom is -0.378 e. The molecule has 5 nitrogen and oxygen atoms in total. The molecule has 0 radical (unpaired) electrons. The van der Waals surface area contributed by atoms with Crippen molar-refractivity contribution in [2.75, 3.05) is 31.2 Å². The van der Waals surface area contributed by atoms with Crippen molar-refractivity contribution in [3.63, 3.8) is 0 Å². The molecule has 126 valence electrons. The number of allylic oxidation sites excluding steroid dienone is 1. The van der Waals surface area contributed by atoms with Gasteiger partial charge in [-0.3, -0.25) is 4.79 Å². The molecule has 0 bridgehead atoms. The second-order valence-electron chi connectivity index (χ2n) is 5.96. The lowest BCUT2D eigenvalue weighted by Gasteiger charge is -2.28. The van der Waals surface area contributed by atoms with E-state index in [9.17, 15) is 4.79 Å². The Kier molecular flexibility index (Phi) is 4.31. The van der Waals surface area contributed by atoms with Gasteiger partial charge in [-0.05, 0) is 48.6 Å². The van der Waals surface area contributed by atoms with Gasteiger partial charge in [-0.1, -0.05) is 6.07 Å². The summed E-state index contributed by atoms with van der Waals surface area (Å²) in [6.45, 7) is 3.29. The molecule has 1 fully saturated rings. The zero-order valence-corrected chi connectivity index (χ0v) is 13.8. The third-order valence-electron chi connectivity index (χ3n) is 4.38. The van der Waals surface area contributed by atoms with Crippen molar-refractivity contribution in [2.45, 2.75) is 0 Å². The van der Waals surface area contributed by atoms with Gasteiger partial charge in [-0.15, -0.1) is 0 Å². The molecular weight excluding hydrogens is 314 g/mol. The van der Waals surface area contributed by atoms with Crippen LogP contribution in [-0.2, 0) is 4.74 Å². The van der Waals surface area contributed by atoms with Crippen molar-refractivity contribution < 1.29 is 9.53 Å². The third kappa shape index (κ3) is 3.32. The van der Waals surface area contributed by atoms with Crippen LogP contribution in [0.25, 0.3) is 11.7 Å². The lowest BCUT2D eigenvalue weighted by molar-refractivity contribution is 0.104. The molecule has 25 heavy (non-hydrogen) atoms. The summed E-state index contributed by atoms with van der Waals surface area (Å²) in [5.41, 5.74) is 3.56. The van der Waals surface area contributed by atoms with Crippen LogP contribution in [0.3, 0.4) is 0 Å². The highest BCUT2D eigenvalue weighted by atomic mass is 16.5. The van der Waals surface area contributed by atoms with Gasteiger partial charge >= 0.3 is 0 Å². The molecule has 0 amide bonds. The summed E-state index contributed by atoms with van der Waals surface area (Å²) >= 11 is 0. The molecule has 1 aromatic carbocycles. The second kappa shape index (κ2) is 6.91. The molecule has 0 aliphatic carbocycles. The number of aromatic nitrogens is 2. The molecule has 0 spiro atoms. The topological polar surface area (TPSA) is 46.8 Å². The normalized spacial score (nSPS) is 15.1. The van der Waals surface area contributed by atoms with Gasteiger partial charge in [-0.2, -0.15) is 0 Å². The van der Waals surface area contributed by atoms with Crippen LogP contribution in [0.1, 0.15) is 16.1 Å². The van der Waals surface area contributed by atoms with E-state index < -0.39 is 0 Å². The Bertz CT molecular complexity index is 906. The van der Waals surface area contributed by atoms with E-state index in [0.29, 0.717) is 5.56 Å². The van der Waals surface area contributed by atoms with Crippen molar-refractivity contribution >= 4 is 23.2 Å². The summed E-state index contributed by atoms with van der Waals surface area (Å²) in [5.74, 6) is -0.0144. The molecule has 1 aliphatic heterocycles. The SMILES string of the molecule is O=C(C=Cc1cnc2ccccn12)c1ccc(N2CCOCC2)cc1. The maximum absolute atomic E-state index is 12.4. The Morgan fingerprint density at radius 3 is 2.68 bits per heavy atom. The molecule has 4 rings (SSSR count). The number of anilines is 1. The summed E-state index contributed by atoms with van der Waals surface area (Å²) in [7, 11) is 0. The van der Waals surface area contributed by atoms with Crippen LogP contribution in [0.5, 0.6) is 0 Å². The Morgan fingerprint density at radius 2 is 1.88 bits per heavy atom. The molecule has 3 heterocycles. The molecular formula is C20H19N3O2. The smallest absolute Gasteiger partial charge is 0.185 e. The molecule has 2 aromatic heterocycles. The van der Waals surface area contributed by atoms with Gasteiger partial charge < -0.3 is 14.0 Å². The van der Waals surface area contributed by atoms with E-state index in [2.05, 4.69) is 9.88 Å². The van der Waals surface area contributed by atoms with Crippen LogP contribution >= 0.6 is 0 Å². The van der Waals surface area contributed by atoms with Gasteiger partial charge in [0.15, 0.2) is 5.78 Å². The number of morpholine rings is 1. The minimum absolute atomic E-state index is 0.0144. The number of hydrogen-bond donors (Lipinski definition) is 0. The van der Waals surface area contributed by atoms with Crippen LogP contribution in [0.2, 0.25) is 0 Å². The van der Waals surface area contributed by atoms with Gasteiger partial charge in [0.25, 0.3) is 0 Å². The summed E-state index contributed by atoms with van der Waals surface area (Å²) < 4.78 is 7.32. The van der Waals surface area contributed by atoms with E-state index >= 15 is 0 Å². The number of rotatable bonds is 4. The Hall–Kier alpha value is -2.92. The number of carbonyl (C=O) groups excluding carboxylic acids is 1. The van der Waals surface area contributed by atoms with Gasteiger partial charge in [0, 0.05) is 30.5 Å². The Balaban J connectivity index is 1.49. The monoisotopic (exact) mass is 333 g/mol. The van der Waals surface area contributed by atoms with E-state index in [4.69, 9.17) is 4.74 Å². The number of benzene rings is 1. The first-order valence-electron chi connectivity index (χ1n) is 8.38. The molecule has 3 aromatic rings. The standard InChI is InChI=1S/C20H19N3O2/c24-19(9-8-18-15-21-20-3-1-2-10-23(18)20)16-4-6-17(7-5-16)22-11-13-25-14-12-22/h1-10,15H,11-14H2. The number of imidazole rings is 1. The lowest BCUT2D eigenvalue weighted by atomic mass is 10.1. The van der Waals surface area contributed by atoms with Crippen molar-refractivity contribution in [3.05, 3.63) is 72.2 Å². The van der Waals surface area contributed by atoms with Gasteiger partial charge in [0.1, 0.15) is 5.65 Å². The summed E-state index contributed by atoms with van der Waals surface area (Å²) in [4.78, 5) is 19.0. The maximum atomic E-state index is 12.4. The molecule has 1 aliphatic rings. The first-order chi connectivity index (χ1) is 12.3. The van der Waals surface area contributed by atoms with Crippen molar-refractivity contribution in [2.24, 2.45) is 0 Å². The van der Waals surface area contributed by atoms with Crippen molar-refractivity contribution in [1.82, 2.24) is 9.38 Å². The number of hydrogen-bond acceptors (Lipinski definition) is 4. The Labute approximate surface area is 146 Å². The van der Waals surface area contributed by atoms with E-state index in [1.807, 2.05) is 53.1 Å². The highest BCUT2D eigenvalue weighted by Crippen LogP contribution is 2.17. The van der Waals surface area contributed by atoms with E-state index in [-0.39, 0.29) is 5.78 Å². The lowest BCUT2D eigenvalue weighted by Crippen LogP contribution is -2.36. The van der Waals surface area contributed by atoms with Gasteiger partial charge in [0.2, 0.25) is 0 Å². The average Bonchev–Trinajstić information content (AvgIpc) is 3.10. The van der Waals surface area contributed by atoms with E-state index in [1.165, 1.54) is 0 Å². The third-order valence-corrected chi connectivity index (χ3v) is 4.38. The molecule has 0 unspecified atom stereocenters. The summed E-state index contributed by atoms with van der Waals surface area (Å²) in [6, 6.07) is 13.6. The van der Waals surface area contributed by atoms with E-state index in [0.717, 1.165) is 43.3 Å². The number of ether oxygens (including phenoxy) is 1. The molecule has 1 saturated heterocycles. The highest BCUT2D eigenvalue weighted by Gasteiger charge is 2.11. The number of fused-ring (bicyclic) bond motifs is 1. The fourth-order valence-electron chi connectivity index (χ4n) is 2.99. The highest BCUT2D eigenvalue weighted by molar-refractivity contribution is 6.06. The predicted octanol–water partition coefficient (Wildman–Crippen LogP) is 3.07. The second-order valence-corrected chi connectivity index (χ2v) is 5.96. The van der Waals surface area contributed by atoms with Crippen LogP contribution in [-0.4, -0.2) is 41.5 Å². The summed E-state index contributed by atoms with van der Waals surface area (Å²) in [6.07, 6.45) is 7.10. The zero-order chi connectivity index (χ0) is 17.1. The molecule has 0 N–H and O–H groups in total. The van der Waals surface area contributed by atoms with Crippen molar-refractivity contribution in [1.29, 1.82) is 0 Å². The number of nitrogens with zero attached hydrogens (tertiary/aromatic N) is 3. The van der Waals surface area contributed by atoms with Crippen LogP contribution < -0.4 is 4.90 Å². The van der Waals surface area contributed by atoms with Gasteiger partial charge in [-0.25, -0.2) is 4.98 Å². The van der Waals surface area contributed by atoms with Crippen LogP contribution in [0, 0.1) is 0 Å². The fraction of sp³-hybridized carbons (Fsp3) is 0.200. The minimum atomic E-state index is -0.0144. The van der Waals surface area contributed by atoms with Crippen molar-refractivity contribution in [3.8, 4) is 0 Å². The number of ketones is 1. The van der Waals surface area contributed by atoms with Gasteiger partial charge in [0.05, 0.1) is 25.1 Å². The predicted molar refractivity (Wildman–Crippen MR) is 98.0 cm³/mol.